The lowest BCUT2D eigenvalue weighted by molar-refractivity contribution is -0.122. The van der Waals surface area contributed by atoms with E-state index in [4.69, 9.17) is 10.2 Å². The Morgan fingerprint density at radius 2 is 2.06 bits per heavy atom. The predicted molar refractivity (Wildman–Crippen MR) is 72.1 cm³/mol. The number of hydrogen-bond donors (Lipinski definition) is 2. The lowest BCUT2D eigenvalue weighted by Gasteiger charge is -2.11. The fourth-order valence-corrected chi connectivity index (χ4v) is 1.85. The number of nitrogens with two attached hydrogens (primary N) is 1. The van der Waals surface area contributed by atoms with Gasteiger partial charge in [0, 0.05) is 6.42 Å². The Bertz CT molecular complexity index is 360. The second-order valence-electron chi connectivity index (χ2n) is 4.69. The third-order valence-corrected chi connectivity index (χ3v) is 2.92. The third kappa shape index (κ3) is 5.36. The molecule has 1 atom stereocenters. The number of unbranched alkanes of at least 4 members (excludes halogenated alkanes) is 3. The summed E-state index contributed by atoms with van der Waals surface area (Å²) in [5.74, 6) is 1.76. The minimum absolute atomic E-state index is 0.0600. The summed E-state index contributed by atoms with van der Waals surface area (Å²) in [4.78, 5) is 11.7. The summed E-state index contributed by atoms with van der Waals surface area (Å²) < 4.78 is 5.48. The summed E-state index contributed by atoms with van der Waals surface area (Å²) in [5.41, 5.74) is 5.41. The highest BCUT2D eigenvalue weighted by Crippen LogP contribution is 2.15. The minimum atomic E-state index is -0.0600. The SMILES string of the molecule is Cc1ccc(C(C)NC(=O)CCCCCCN)o1. The molecule has 1 aromatic rings. The van der Waals surface area contributed by atoms with Crippen molar-refractivity contribution in [3.63, 3.8) is 0 Å². The summed E-state index contributed by atoms with van der Waals surface area (Å²) in [6.45, 7) is 4.57. The molecule has 1 heterocycles. The number of furan rings is 1. The molecule has 0 bridgehead atoms. The van der Waals surface area contributed by atoms with E-state index in [1.54, 1.807) is 0 Å². The van der Waals surface area contributed by atoms with Gasteiger partial charge in [0.05, 0.1) is 6.04 Å². The van der Waals surface area contributed by atoms with Crippen LogP contribution in [-0.4, -0.2) is 12.5 Å². The molecule has 0 saturated carbocycles. The summed E-state index contributed by atoms with van der Waals surface area (Å²) in [6.07, 6.45) is 4.73. The van der Waals surface area contributed by atoms with Crippen LogP contribution in [0.2, 0.25) is 0 Å². The molecular formula is C14H24N2O2. The molecular weight excluding hydrogens is 228 g/mol. The highest BCUT2D eigenvalue weighted by molar-refractivity contribution is 5.76. The van der Waals surface area contributed by atoms with Crippen molar-refractivity contribution in [2.24, 2.45) is 5.73 Å². The Hall–Kier alpha value is -1.29. The van der Waals surface area contributed by atoms with Crippen molar-refractivity contribution in [2.75, 3.05) is 6.54 Å². The molecule has 4 heteroatoms. The Morgan fingerprint density at radius 1 is 1.33 bits per heavy atom. The molecule has 1 aromatic heterocycles. The van der Waals surface area contributed by atoms with E-state index >= 15 is 0 Å². The van der Waals surface area contributed by atoms with E-state index in [2.05, 4.69) is 5.32 Å². The largest absolute Gasteiger partial charge is 0.464 e. The van der Waals surface area contributed by atoms with Gasteiger partial charge in [-0.2, -0.15) is 0 Å². The van der Waals surface area contributed by atoms with Gasteiger partial charge in [0.15, 0.2) is 0 Å². The number of carbonyl (C=O) groups is 1. The van der Waals surface area contributed by atoms with Crippen molar-refractivity contribution >= 4 is 5.91 Å². The lowest BCUT2D eigenvalue weighted by atomic mass is 10.1. The van der Waals surface area contributed by atoms with Crippen LogP contribution in [0, 0.1) is 6.92 Å². The highest BCUT2D eigenvalue weighted by atomic mass is 16.3. The van der Waals surface area contributed by atoms with Gasteiger partial charge in [-0.15, -0.1) is 0 Å². The molecule has 1 amide bonds. The van der Waals surface area contributed by atoms with Crippen LogP contribution >= 0.6 is 0 Å². The van der Waals surface area contributed by atoms with E-state index in [1.165, 1.54) is 0 Å². The smallest absolute Gasteiger partial charge is 0.220 e. The van der Waals surface area contributed by atoms with Crippen molar-refractivity contribution in [1.29, 1.82) is 0 Å². The molecule has 0 spiro atoms. The summed E-state index contributed by atoms with van der Waals surface area (Å²) in [7, 11) is 0. The van der Waals surface area contributed by atoms with Crippen LogP contribution in [0.15, 0.2) is 16.5 Å². The van der Waals surface area contributed by atoms with E-state index < -0.39 is 0 Å². The maximum absolute atomic E-state index is 11.7. The number of hydrogen-bond acceptors (Lipinski definition) is 3. The number of rotatable bonds is 8. The zero-order valence-corrected chi connectivity index (χ0v) is 11.4. The van der Waals surface area contributed by atoms with Gasteiger partial charge in [-0.3, -0.25) is 4.79 Å². The van der Waals surface area contributed by atoms with Gasteiger partial charge in [-0.05, 0) is 45.4 Å². The van der Waals surface area contributed by atoms with Gasteiger partial charge in [0.2, 0.25) is 5.91 Å². The lowest BCUT2D eigenvalue weighted by Crippen LogP contribution is -2.26. The predicted octanol–water partition coefficient (Wildman–Crippen LogP) is 2.67. The van der Waals surface area contributed by atoms with Gasteiger partial charge < -0.3 is 15.5 Å². The van der Waals surface area contributed by atoms with Crippen LogP contribution in [0.25, 0.3) is 0 Å². The Morgan fingerprint density at radius 3 is 2.67 bits per heavy atom. The van der Waals surface area contributed by atoms with Crippen LogP contribution in [0.3, 0.4) is 0 Å². The van der Waals surface area contributed by atoms with E-state index in [-0.39, 0.29) is 11.9 Å². The molecule has 3 N–H and O–H groups in total. The maximum Gasteiger partial charge on any atom is 0.220 e. The highest BCUT2D eigenvalue weighted by Gasteiger charge is 2.12. The molecule has 102 valence electrons. The van der Waals surface area contributed by atoms with Gasteiger partial charge >= 0.3 is 0 Å². The monoisotopic (exact) mass is 252 g/mol. The first-order chi connectivity index (χ1) is 8.63. The molecule has 0 fully saturated rings. The van der Waals surface area contributed by atoms with Gasteiger partial charge in [-0.25, -0.2) is 0 Å². The average Bonchev–Trinajstić information content (AvgIpc) is 2.75. The first kappa shape index (κ1) is 14.8. The fourth-order valence-electron chi connectivity index (χ4n) is 1.85. The Kier molecular flexibility index (Phi) is 6.50. The van der Waals surface area contributed by atoms with Crippen molar-refractivity contribution in [2.45, 2.75) is 52.0 Å². The third-order valence-electron chi connectivity index (χ3n) is 2.92. The molecule has 0 aromatic carbocycles. The molecule has 0 aliphatic carbocycles. The van der Waals surface area contributed by atoms with Gasteiger partial charge in [0.25, 0.3) is 0 Å². The van der Waals surface area contributed by atoms with E-state index in [0.717, 1.165) is 43.7 Å². The first-order valence-electron chi connectivity index (χ1n) is 6.69. The Labute approximate surface area is 109 Å². The van der Waals surface area contributed by atoms with E-state index in [0.29, 0.717) is 6.42 Å². The molecule has 18 heavy (non-hydrogen) atoms. The van der Waals surface area contributed by atoms with Crippen molar-refractivity contribution in [3.8, 4) is 0 Å². The van der Waals surface area contributed by atoms with Crippen LogP contribution in [-0.2, 0) is 4.79 Å². The first-order valence-corrected chi connectivity index (χ1v) is 6.69. The topological polar surface area (TPSA) is 68.3 Å². The Balaban J connectivity index is 2.19. The summed E-state index contributed by atoms with van der Waals surface area (Å²) in [6, 6.07) is 3.75. The van der Waals surface area contributed by atoms with Crippen LogP contribution in [0.5, 0.6) is 0 Å². The summed E-state index contributed by atoms with van der Waals surface area (Å²) in [5, 5.41) is 2.94. The van der Waals surface area contributed by atoms with Crippen molar-refractivity contribution in [1.82, 2.24) is 5.32 Å². The van der Waals surface area contributed by atoms with Crippen LogP contribution in [0.1, 0.15) is 56.6 Å². The molecule has 0 radical (unpaired) electrons. The molecule has 0 aliphatic rings. The maximum atomic E-state index is 11.7. The van der Waals surface area contributed by atoms with E-state index in [1.807, 2.05) is 26.0 Å². The fraction of sp³-hybridized carbons (Fsp3) is 0.643. The second kappa shape index (κ2) is 7.93. The molecule has 4 nitrogen and oxygen atoms in total. The standard InChI is InChI=1S/C14H24N2O2/c1-11-8-9-13(18-11)12(2)16-14(17)7-5-3-4-6-10-15/h8-9,12H,3-7,10,15H2,1-2H3,(H,16,17). The summed E-state index contributed by atoms with van der Waals surface area (Å²) >= 11 is 0. The van der Waals surface area contributed by atoms with Crippen LogP contribution < -0.4 is 11.1 Å². The number of aryl methyl sites for hydroxylation is 1. The van der Waals surface area contributed by atoms with E-state index in [9.17, 15) is 4.79 Å². The average molecular weight is 252 g/mol. The molecule has 0 saturated heterocycles. The minimum Gasteiger partial charge on any atom is -0.464 e. The molecule has 0 aliphatic heterocycles. The quantitative estimate of drug-likeness (QED) is 0.699. The molecule has 1 rings (SSSR count). The van der Waals surface area contributed by atoms with Gasteiger partial charge in [0.1, 0.15) is 11.5 Å². The van der Waals surface area contributed by atoms with Gasteiger partial charge in [-0.1, -0.05) is 12.8 Å². The van der Waals surface area contributed by atoms with Crippen LogP contribution in [0.4, 0.5) is 0 Å². The number of nitrogens with one attached hydrogen (secondary N) is 1. The molecule has 1 unspecified atom stereocenters. The normalized spacial score (nSPS) is 12.4. The van der Waals surface area contributed by atoms with Crippen molar-refractivity contribution in [3.05, 3.63) is 23.7 Å². The number of amides is 1. The number of carbonyl (C=O) groups excluding carboxylic acids is 1. The van der Waals surface area contributed by atoms with Crippen molar-refractivity contribution < 1.29 is 9.21 Å². The zero-order valence-electron chi connectivity index (χ0n) is 11.4. The second-order valence-corrected chi connectivity index (χ2v) is 4.69. The zero-order chi connectivity index (χ0) is 13.4.